The highest BCUT2D eigenvalue weighted by molar-refractivity contribution is 5.89. The van der Waals surface area contributed by atoms with Gasteiger partial charge < -0.3 is 0 Å². The van der Waals surface area contributed by atoms with E-state index < -0.39 is 0 Å². The van der Waals surface area contributed by atoms with E-state index in [1.165, 1.54) is 29.2 Å². The smallest absolute Gasteiger partial charge is 0.155 e. The summed E-state index contributed by atoms with van der Waals surface area (Å²) in [5.41, 5.74) is 1.32. The van der Waals surface area contributed by atoms with Crippen LogP contribution >= 0.6 is 0 Å². The van der Waals surface area contributed by atoms with E-state index in [1.807, 2.05) is 6.08 Å². The van der Waals surface area contributed by atoms with Crippen molar-refractivity contribution in [1.82, 2.24) is 0 Å². The average molecular weight is 310 g/mol. The Labute approximate surface area is 141 Å². The Balaban J connectivity index is 0.000000230. The molecule has 0 atom stereocenters. The van der Waals surface area contributed by atoms with Crippen LogP contribution in [0, 0.1) is 12.8 Å². The van der Waals surface area contributed by atoms with Crippen LogP contribution in [0.4, 0.5) is 0 Å². The summed E-state index contributed by atoms with van der Waals surface area (Å²) >= 11 is 0. The van der Waals surface area contributed by atoms with E-state index in [-0.39, 0.29) is 5.78 Å². The van der Waals surface area contributed by atoms with Gasteiger partial charge in [0.2, 0.25) is 0 Å². The molecule has 0 saturated carbocycles. The molecule has 2 rings (SSSR count). The number of carbonyl (C=O) groups is 1. The van der Waals surface area contributed by atoms with Crippen LogP contribution in [0.2, 0.25) is 0 Å². The zero-order valence-electron chi connectivity index (χ0n) is 15.0. The van der Waals surface area contributed by atoms with E-state index in [0.717, 1.165) is 6.42 Å². The standard InChI is InChI=1S/C11H20O.C11H10/c1-4-5-6-7-8-11(12)9-10(2)3;1-9-6-7-10-4-2-3-5-11(10)8-9/h7-8,10H,4-6,9H2,1-3H3;2-8H,1H3/b8-7+;. The van der Waals surface area contributed by atoms with Crippen LogP contribution in [0.3, 0.4) is 0 Å². The fourth-order valence-electron chi connectivity index (χ4n) is 2.32. The van der Waals surface area contributed by atoms with E-state index in [1.54, 1.807) is 6.08 Å². The highest BCUT2D eigenvalue weighted by atomic mass is 16.1. The van der Waals surface area contributed by atoms with Crippen LogP contribution in [0.1, 0.15) is 52.0 Å². The minimum absolute atomic E-state index is 0.265. The van der Waals surface area contributed by atoms with Gasteiger partial charge in [0.15, 0.2) is 5.78 Å². The van der Waals surface area contributed by atoms with Crippen LogP contribution in [-0.4, -0.2) is 5.78 Å². The van der Waals surface area contributed by atoms with Crippen molar-refractivity contribution in [3.05, 3.63) is 60.2 Å². The molecule has 124 valence electrons. The predicted molar refractivity (Wildman–Crippen MR) is 102 cm³/mol. The van der Waals surface area contributed by atoms with Crippen LogP contribution < -0.4 is 0 Å². The summed E-state index contributed by atoms with van der Waals surface area (Å²) in [6, 6.07) is 14.9. The second-order valence-corrected chi connectivity index (χ2v) is 6.46. The first-order valence-electron chi connectivity index (χ1n) is 8.67. The van der Waals surface area contributed by atoms with E-state index in [2.05, 4.69) is 70.2 Å². The number of rotatable bonds is 6. The van der Waals surface area contributed by atoms with Gasteiger partial charge in [0.05, 0.1) is 0 Å². The quantitative estimate of drug-likeness (QED) is 0.440. The third-order valence-corrected chi connectivity index (χ3v) is 3.54. The van der Waals surface area contributed by atoms with Gasteiger partial charge >= 0.3 is 0 Å². The Morgan fingerprint density at radius 1 is 1.09 bits per heavy atom. The van der Waals surface area contributed by atoms with Crippen LogP contribution in [0.15, 0.2) is 54.6 Å². The molecule has 1 nitrogen and oxygen atoms in total. The monoisotopic (exact) mass is 310 g/mol. The van der Waals surface area contributed by atoms with Crippen molar-refractivity contribution in [2.24, 2.45) is 5.92 Å². The zero-order valence-corrected chi connectivity index (χ0v) is 15.0. The van der Waals surface area contributed by atoms with Gasteiger partial charge in [-0.2, -0.15) is 0 Å². The summed E-state index contributed by atoms with van der Waals surface area (Å²) < 4.78 is 0. The summed E-state index contributed by atoms with van der Waals surface area (Å²) in [5.74, 6) is 0.745. The van der Waals surface area contributed by atoms with E-state index >= 15 is 0 Å². The Morgan fingerprint density at radius 2 is 1.78 bits per heavy atom. The maximum Gasteiger partial charge on any atom is 0.155 e. The van der Waals surface area contributed by atoms with Gasteiger partial charge in [0, 0.05) is 6.42 Å². The van der Waals surface area contributed by atoms with Gasteiger partial charge in [-0.25, -0.2) is 0 Å². The number of carbonyl (C=O) groups excluding carboxylic acids is 1. The Morgan fingerprint density at radius 3 is 2.43 bits per heavy atom. The largest absolute Gasteiger partial charge is 0.295 e. The molecule has 0 bridgehead atoms. The number of fused-ring (bicyclic) bond motifs is 1. The second-order valence-electron chi connectivity index (χ2n) is 6.46. The predicted octanol–water partition coefficient (Wildman–Crippen LogP) is 6.50. The summed E-state index contributed by atoms with van der Waals surface area (Å²) in [4.78, 5) is 11.1. The molecule has 0 radical (unpaired) electrons. The molecule has 0 heterocycles. The van der Waals surface area contributed by atoms with Gasteiger partial charge in [0.1, 0.15) is 0 Å². The number of aryl methyl sites for hydroxylation is 1. The zero-order chi connectivity index (χ0) is 17.1. The van der Waals surface area contributed by atoms with Crippen molar-refractivity contribution in [1.29, 1.82) is 0 Å². The lowest BCUT2D eigenvalue weighted by Crippen LogP contribution is -1.98. The van der Waals surface area contributed by atoms with Crippen molar-refractivity contribution >= 4 is 16.6 Å². The Bertz CT molecular complexity index is 623. The number of benzene rings is 2. The minimum atomic E-state index is 0.265. The molecule has 0 fully saturated rings. The maximum absolute atomic E-state index is 11.1. The van der Waals surface area contributed by atoms with Gasteiger partial charge in [-0.05, 0) is 36.1 Å². The van der Waals surface area contributed by atoms with E-state index in [9.17, 15) is 4.79 Å². The molecule has 2 aromatic carbocycles. The van der Waals surface area contributed by atoms with Crippen molar-refractivity contribution in [2.75, 3.05) is 0 Å². The molecule has 0 N–H and O–H groups in total. The molecular formula is C22H30O. The van der Waals surface area contributed by atoms with E-state index in [0.29, 0.717) is 12.3 Å². The van der Waals surface area contributed by atoms with Crippen LogP contribution in [0.25, 0.3) is 10.8 Å². The third kappa shape index (κ3) is 8.35. The molecule has 0 spiro atoms. The topological polar surface area (TPSA) is 17.1 Å². The lowest BCUT2D eigenvalue weighted by atomic mass is 10.1. The van der Waals surface area contributed by atoms with Crippen molar-refractivity contribution in [2.45, 2.75) is 53.4 Å². The number of hydrogen-bond acceptors (Lipinski definition) is 1. The fourth-order valence-corrected chi connectivity index (χ4v) is 2.32. The van der Waals surface area contributed by atoms with Gasteiger partial charge in [0.25, 0.3) is 0 Å². The first-order valence-corrected chi connectivity index (χ1v) is 8.67. The molecule has 23 heavy (non-hydrogen) atoms. The summed E-state index contributed by atoms with van der Waals surface area (Å²) in [5, 5.41) is 2.64. The third-order valence-electron chi connectivity index (χ3n) is 3.54. The minimum Gasteiger partial charge on any atom is -0.295 e. The fraction of sp³-hybridized carbons (Fsp3) is 0.409. The first-order chi connectivity index (χ1) is 11.0. The highest BCUT2D eigenvalue weighted by Gasteiger charge is 1.99. The number of allylic oxidation sites excluding steroid dienone is 2. The molecule has 0 saturated heterocycles. The lowest BCUT2D eigenvalue weighted by molar-refractivity contribution is -0.115. The second kappa shape index (κ2) is 10.8. The van der Waals surface area contributed by atoms with Crippen LogP contribution in [-0.2, 0) is 4.79 Å². The van der Waals surface area contributed by atoms with E-state index in [4.69, 9.17) is 0 Å². The summed E-state index contributed by atoms with van der Waals surface area (Å²) in [6.07, 6.45) is 7.83. The average Bonchev–Trinajstić information content (AvgIpc) is 2.51. The molecule has 0 aromatic heterocycles. The van der Waals surface area contributed by atoms with Gasteiger partial charge in [-0.15, -0.1) is 0 Å². The molecule has 1 heteroatoms. The normalized spacial score (nSPS) is 10.8. The maximum atomic E-state index is 11.1. The molecular weight excluding hydrogens is 280 g/mol. The van der Waals surface area contributed by atoms with Crippen molar-refractivity contribution in [3.63, 3.8) is 0 Å². The molecule has 2 aromatic rings. The van der Waals surface area contributed by atoms with Crippen molar-refractivity contribution in [3.8, 4) is 0 Å². The number of unbranched alkanes of at least 4 members (excludes halogenated alkanes) is 2. The molecule has 0 aliphatic heterocycles. The highest BCUT2D eigenvalue weighted by Crippen LogP contribution is 2.14. The first kappa shape index (κ1) is 19.2. The lowest BCUT2D eigenvalue weighted by Gasteiger charge is -1.98. The van der Waals surface area contributed by atoms with Crippen molar-refractivity contribution < 1.29 is 4.79 Å². The molecule has 0 unspecified atom stereocenters. The SMILES string of the molecule is CCCC/C=C/C(=O)CC(C)C.Cc1ccc2ccccc2c1. The molecule has 0 amide bonds. The Hall–Kier alpha value is -1.89. The van der Waals surface area contributed by atoms with Gasteiger partial charge in [-0.1, -0.05) is 87.7 Å². The molecule has 0 aliphatic carbocycles. The molecule has 0 aliphatic rings. The van der Waals surface area contributed by atoms with Crippen LogP contribution in [0.5, 0.6) is 0 Å². The Kier molecular flexibility index (Phi) is 8.97. The number of ketones is 1. The van der Waals surface area contributed by atoms with Gasteiger partial charge in [-0.3, -0.25) is 4.79 Å². The summed E-state index contributed by atoms with van der Waals surface area (Å²) in [7, 11) is 0. The number of hydrogen-bond donors (Lipinski definition) is 0. The summed E-state index contributed by atoms with van der Waals surface area (Å²) in [6.45, 7) is 8.41.